The van der Waals surface area contributed by atoms with Gasteiger partial charge in [-0.25, -0.2) is 4.98 Å². The van der Waals surface area contributed by atoms with E-state index < -0.39 is 0 Å². The van der Waals surface area contributed by atoms with Gasteiger partial charge in [-0.15, -0.1) is 0 Å². The summed E-state index contributed by atoms with van der Waals surface area (Å²) in [5.41, 5.74) is 1.28. The van der Waals surface area contributed by atoms with Crippen molar-refractivity contribution in [1.29, 1.82) is 0 Å². The first-order chi connectivity index (χ1) is 7.13. The van der Waals surface area contributed by atoms with E-state index in [0.717, 1.165) is 5.69 Å². The van der Waals surface area contributed by atoms with Crippen LogP contribution in [0.1, 0.15) is 23.1 Å². The molecule has 4 heteroatoms. The molecule has 0 saturated heterocycles. The molecule has 0 aromatic carbocycles. The molecule has 15 heavy (non-hydrogen) atoms. The van der Waals surface area contributed by atoms with Gasteiger partial charge in [0.05, 0.1) is 6.61 Å². The van der Waals surface area contributed by atoms with E-state index in [-0.39, 0.29) is 11.9 Å². The minimum absolute atomic E-state index is 0.00943. The molecule has 1 atom stereocenters. The second-order valence-corrected chi connectivity index (χ2v) is 3.49. The van der Waals surface area contributed by atoms with Gasteiger partial charge in [-0.2, -0.15) is 0 Å². The maximum absolute atomic E-state index is 11.7. The molecule has 0 aliphatic rings. The normalized spacial score (nSPS) is 12.2. The van der Waals surface area contributed by atoms with Gasteiger partial charge in [-0.3, -0.25) is 4.79 Å². The zero-order valence-corrected chi connectivity index (χ0v) is 9.28. The van der Waals surface area contributed by atoms with Crippen LogP contribution in [0.2, 0.25) is 0 Å². The molecule has 0 radical (unpaired) electrons. The third kappa shape index (κ3) is 3.67. The molecular formula is C11H16N2O2. The molecule has 1 amide bonds. The Kier molecular flexibility index (Phi) is 4.24. The van der Waals surface area contributed by atoms with Crippen molar-refractivity contribution in [2.24, 2.45) is 0 Å². The Hall–Kier alpha value is -1.42. The predicted octanol–water partition coefficient (Wildman–Crippen LogP) is 1.15. The topological polar surface area (TPSA) is 51.2 Å². The SMILES string of the molecule is COC[C@@H](C)NC(=O)c1cccc(C)n1. The number of hydrogen-bond acceptors (Lipinski definition) is 3. The van der Waals surface area contributed by atoms with Gasteiger partial charge in [0.15, 0.2) is 0 Å². The molecule has 0 aliphatic heterocycles. The quantitative estimate of drug-likeness (QED) is 0.807. The lowest BCUT2D eigenvalue weighted by Gasteiger charge is -2.12. The average molecular weight is 208 g/mol. The summed E-state index contributed by atoms with van der Waals surface area (Å²) >= 11 is 0. The first-order valence-electron chi connectivity index (χ1n) is 4.87. The minimum atomic E-state index is -0.164. The molecule has 0 unspecified atom stereocenters. The van der Waals surface area contributed by atoms with Gasteiger partial charge in [0, 0.05) is 18.8 Å². The Morgan fingerprint density at radius 2 is 2.33 bits per heavy atom. The zero-order valence-electron chi connectivity index (χ0n) is 9.28. The summed E-state index contributed by atoms with van der Waals surface area (Å²) in [5, 5.41) is 2.80. The fraction of sp³-hybridized carbons (Fsp3) is 0.455. The minimum Gasteiger partial charge on any atom is -0.383 e. The van der Waals surface area contributed by atoms with Gasteiger partial charge in [-0.1, -0.05) is 6.07 Å². The fourth-order valence-electron chi connectivity index (χ4n) is 1.26. The number of amides is 1. The second kappa shape index (κ2) is 5.46. The highest BCUT2D eigenvalue weighted by Crippen LogP contribution is 1.98. The standard InChI is InChI=1S/C11H16N2O2/c1-8-5-4-6-10(12-8)11(14)13-9(2)7-15-3/h4-6,9H,7H2,1-3H3,(H,13,14)/t9-/m1/s1. The molecule has 4 nitrogen and oxygen atoms in total. The van der Waals surface area contributed by atoms with Crippen LogP contribution in [0.25, 0.3) is 0 Å². The van der Waals surface area contributed by atoms with Crippen LogP contribution in [0, 0.1) is 6.92 Å². The maximum atomic E-state index is 11.7. The van der Waals surface area contributed by atoms with Crippen LogP contribution in [-0.2, 0) is 4.74 Å². The largest absolute Gasteiger partial charge is 0.383 e. The summed E-state index contributed by atoms with van der Waals surface area (Å²) in [6, 6.07) is 5.36. The molecular weight excluding hydrogens is 192 g/mol. The maximum Gasteiger partial charge on any atom is 0.270 e. The predicted molar refractivity (Wildman–Crippen MR) is 57.8 cm³/mol. The number of aromatic nitrogens is 1. The molecule has 0 saturated carbocycles. The van der Waals surface area contributed by atoms with Gasteiger partial charge in [0.2, 0.25) is 0 Å². The summed E-state index contributed by atoms with van der Waals surface area (Å²) in [6.07, 6.45) is 0. The summed E-state index contributed by atoms with van der Waals surface area (Å²) in [5.74, 6) is -0.164. The average Bonchev–Trinajstić information content (AvgIpc) is 2.18. The first kappa shape index (κ1) is 11.7. The van der Waals surface area contributed by atoms with Gasteiger partial charge >= 0.3 is 0 Å². The van der Waals surface area contributed by atoms with Crippen molar-refractivity contribution in [2.45, 2.75) is 19.9 Å². The van der Waals surface area contributed by atoms with E-state index in [4.69, 9.17) is 4.74 Å². The van der Waals surface area contributed by atoms with Crippen LogP contribution in [0.5, 0.6) is 0 Å². The van der Waals surface area contributed by atoms with E-state index in [2.05, 4.69) is 10.3 Å². The van der Waals surface area contributed by atoms with Crippen molar-refractivity contribution < 1.29 is 9.53 Å². The molecule has 0 bridgehead atoms. The zero-order chi connectivity index (χ0) is 11.3. The lowest BCUT2D eigenvalue weighted by Crippen LogP contribution is -2.36. The number of rotatable bonds is 4. The van der Waals surface area contributed by atoms with Gasteiger partial charge < -0.3 is 10.1 Å². The van der Waals surface area contributed by atoms with E-state index in [1.165, 1.54) is 0 Å². The molecule has 82 valence electrons. The lowest BCUT2D eigenvalue weighted by atomic mass is 10.3. The van der Waals surface area contributed by atoms with E-state index in [0.29, 0.717) is 12.3 Å². The number of pyridine rings is 1. The van der Waals surface area contributed by atoms with Crippen molar-refractivity contribution >= 4 is 5.91 Å². The van der Waals surface area contributed by atoms with Crippen LogP contribution in [0.4, 0.5) is 0 Å². The molecule has 1 aromatic rings. The fourth-order valence-corrected chi connectivity index (χ4v) is 1.26. The van der Waals surface area contributed by atoms with E-state index in [1.54, 1.807) is 13.2 Å². The second-order valence-electron chi connectivity index (χ2n) is 3.49. The summed E-state index contributed by atoms with van der Waals surface area (Å²) < 4.78 is 4.93. The van der Waals surface area contributed by atoms with E-state index in [1.807, 2.05) is 26.0 Å². The molecule has 0 fully saturated rings. The highest BCUT2D eigenvalue weighted by atomic mass is 16.5. The Bertz CT molecular complexity index is 339. The van der Waals surface area contributed by atoms with Crippen LogP contribution < -0.4 is 5.32 Å². The Morgan fingerprint density at radius 1 is 1.60 bits per heavy atom. The number of carbonyl (C=O) groups is 1. The highest BCUT2D eigenvalue weighted by molar-refractivity contribution is 5.92. The highest BCUT2D eigenvalue weighted by Gasteiger charge is 2.10. The van der Waals surface area contributed by atoms with Crippen LogP contribution in [0.3, 0.4) is 0 Å². The van der Waals surface area contributed by atoms with E-state index >= 15 is 0 Å². The molecule has 1 aromatic heterocycles. The summed E-state index contributed by atoms with van der Waals surface area (Å²) in [6.45, 7) is 4.24. The monoisotopic (exact) mass is 208 g/mol. The number of nitrogens with one attached hydrogen (secondary N) is 1. The molecule has 0 spiro atoms. The van der Waals surface area contributed by atoms with Crippen molar-refractivity contribution in [3.63, 3.8) is 0 Å². The molecule has 1 N–H and O–H groups in total. The Balaban J connectivity index is 2.61. The number of methoxy groups -OCH3 is 1. The first-order valence-corrected chi connectivity index (χ1v) is 4.87. The van der Waals surface area contributed by atoms with E-state index in [9.17, 15) is 4.79 Å². The Labute approximate surface area is 89.7 Å². The van der Waals surface area contributed by atoms with Crippen molar-refractivity contribution in [3.05, 3.63) is 29.6 Å². The van der Waals surface area contributed by atoms with Crippen molar-refractivity contribution in [3.8, 4) is 0 Å². The van der Waals surface area contributed by atoms with Crippen molar-refractivity contribution in [2.75, 3.05) is 13.7 Å². The van der Waals surface area contributed by atoms with Gasteiger partial charge in [-0.05, 0) is 26.0 Å². The third-order valence-electron chi connectivity index (χ3n) is 1.92. The molecule has 1 rings (SSSR count). The Morgan fingerprint density at radius 3 is 2.93 bits per heavy atom. The lowest BCUT2D eigenvalue weighted by molar-refractivity contribution is 0.0900. The van der Waals surface area contributed by atoms with Crippen molar-refractivity contribution in [1.82, 2.24) is 10.3 Å². The summed E-state index contributed by atoms with van der Waals surface area (Å²) in [4.78, 5) is 15.8. The van der Waals surface area contributed by atoms with Gasteiger partial charge in [0.25, 0.3) is 5.91 Å². The molecule has 1 heterocycles. The van der Waals surface area contributed by atoms with Gasteiger partial charge in [0.1, 0.15) is 5.69 Å². The number of ether oxygens (including phenoxy) is 1. The number of hydrogen-bond donors (Lipinski definition) is 1. The number of carbonyl (C=O) groups excluding carboxylic acids is 1. The third-order valence-corrected chi connectivity index (χ3v) is 1.92. The van der Waals surface area contributed by atoms with Crippen LogP contribution in [0.15, 0.2) is 18.2 Å². The van der Waals surface area contributed by atoms with Crippen LogP contribution in [-0.4, -0.2) is 30.6 Å². The van der Waals surface area contributed by atoms with Crippen LogP contribution >= 0.6 is 0 Å². The summed E-state index contributed by atoms with van der Waals surface area (Å²) in [7, 11) is 1.60. The smallest absolute Gasteiger partial charge is 0.270 e. The number of aryl methyl sites for hydroxylation is 1. The number of nitrogens with zero attached hydrogens (tertiary/aromatic N) is 1. The molecule has 0 aliphatic carbocycles.